The van der Waals surface area contributed by atoms with E-state index >= 15 is 0 Å². The lowest BCUT2D eigenvalue weighted by atomic mass is 10.1. The summed E-state index contributed by atoms with van der Waals surface area (Å²) in [5.74, 6) is -0.0208. The molecule has 0 aromatic rings. The van der Waals surface area contributed by atoms with Crippen molar-refractivity contribution in [2.45, 2.75) is 13.8 Å². The van der Waals surface area contributed by atoms with Gasteiger partial charge in [-0.15, -0.1) is 5.73 Å². The average Bonchev–Trinajstić information content (AvgIpc) is 1.84. The predicted molar refractivity (Wildman–Crippen MR) is 33.6 cm³/mol. The maximum atomic E-state index is 10.0. The molecule has 1 unspecified atom stereocenters. The van der Waals surface area contributed by atoms with Gasteiger partial charge in [-0.1, -0.05) is 13.5 Å². The second-order valence-corrected chi connectivity index (χ2v) is 1.78. The van der Waals surface area contributed by atoms with Crippen LogP contribution in [0.15, 0.2) is 17.9 Å². The van der Waals surface area contributed by atoms with Crippen molar-refractivity contribution >= 4 is 6.29 Å². The van der Waals surface area contributed by atoms with Crippen LogP contribution in [-0.4, -0.2) is 6.29 Å². The molecule has 0 heterocycles. The minimum Gasteiger partial charge on any atom is -0.303 e. The predicted octanol–water partition coefficient (Wildman–Crippen LogP) is 1.55. The maximum absolute atomic E-state index is 10.0. The highest BCUT2D eigenvalue weighted by atomic mass is 16.1. The van der Waals surface area contributed by atoms with Gasteiger partial charge in [0.05, 0.1) is 0 Å². The third kappa shape index (κ3) is 1.76. The summed E-state index contributed by atoms with van der Waals surface area (Å²) in [5.41, 5.74) is 3.55. The van der Waals surface area contributed by atoms with Crippen LogP contribution in [0.5, 0.6) is 0 Å². The van der Waals surface area contributed by atoms with Crippen LogP contribution in [-0.2, 0) is 4.79 Å². The molecule has 0 radical (unpaired) electrons. The normalized spacial score (nSPS) is 11.8. The summed E-state index contributed by atoms with van der Waals surface area (Å²) < 4.78 is 0. The first-order chi connectivity index (χ1) is 3.72. The molecule has 0 aliphatic rings. The first kappa shape index (κ1) is 7.19. The van der Waals surface area contributed by atoms with E-state index in [0.717, 1.165) is 11.9 Å². The molecule has 8 heavy (non-hydrogen) atoms. The fraction of sp³-hybridized carbons (Fsp3) is 0.429. The van der Waals surface area contributed by atoms with Crippen LogP contribution < -0.4 is 0 Å². The summed E-state index contributed by atoms with van der Waals surface area (Å²) in [4.78, 5) is 10.0. The van der Waals surface area contributed by atoms with E-state index < -0.39 is 0 Å². The van der Waals surface area contributed by atoms with Crippen molar-refractivity contribution < 1.29 is 4.79 Å². The second-order valence-electron chi connectivity index (χ2n) is 1.78. The van der Waals surface area contributed by atoms with Crippen molar-refractivity contribution in [1.29, 1.82) is 0 Å². The van der Waals surface area contributed by atoms with Gasteiger partial charge in [0, 0.05) is 5.92 Å². The Morgan fingerprint density at radius 3 is 2.50 bits per heavy atom. The Kier molecular flexibility index (Phi) is 2.90. The molecule has 44 valence electrons. The molecular formula is C7H10O. The van der Waals surface area contributed by atoms with Crippen molar-refractivity contribution in [3.05, 3.63) is 17.9 Å². The van der Waals surface area contributed by atoms with E-state index in [1.54, 1.807) is 0 Å². The second kappa shape index (κ2) is 3.23. The monoisotopic (exact) mass is 110 g/mol. The van der Waals surface area contributed by atoms with E-state index in [1.165, 1.54) is 0 Å². The van der Waals surface area contributed by atoms with Crippen molar-refractivity contribution in [2.24, 2.45) is 5.92 Å². The fourth-order valence-electron chi connectivity index (χ4n) is 0.263. The molecule has 0 spiro atoms. The molecule has 0 saturated carbocycles. The highest BCUT2D eigenvalue weighted by molar-refractivity contribution is 5.57. The quantitative estimate of drug-likeness (QED) is 0.389. The van der Waals surface area contributed by atoms with Crippen LogP contribution in [0.4, 0.5) is 0 Å². The molecule has 1 atom stereocenters. The van der Waals surface area contributed by atoms with Gasteiger partial charge in [-0.2, -0.15) is 0 Å². The van der Waals surface area contributed by atoms with Crippen LogP contribution >= 0.6 is 0 Å². The fourth-order valence-corrected chi connectivity index (χ4v) is 0.263. The Bertz CT molecular complexity index is 129. The van der Waals surface area contributed by atoms with Crippen molar-refractivity contribution in [3.8, 4) is 0 Å². The summed E-state index contributed by atoms with van der Waals surface area (Å²) in [7, 11) is 0. The molecule has 1 heteroatoms. The van der Waals surface area contributed by atoms with Gasteiger partial charge in [-0.25, -0.2) is 0 Å². The zero-order valence-electron chi connectivity index (χ0n) is 5.27. The molecule has 0 fully saturated rings. The summed E-state index contributed by atoms with van der Waals surface area (Å²) in [6, 6.07) is 0. The molecule has 0 amide bonds. The highest BCUT2D eigenvalue weighted by Gasteiger charge is 1.97. The third-order valence-corrected chi connectivity index (χ3v) is 1.17. The van der Waals surface area contributed by atoms with Crippen molar-refractivity contribution in [3.63, 3.8) is 0 Å². The van der Waals surface area contributed by atoms with E-state index in [0.29, 0.717) is 0 Å². The Labute approximate surface area is 49.7 Å². The Hall–Kier alpha value is -0.810. The first-order valence-corrected chi connectivity index (χ1v) is 2.54. The number of aldehydes is 1. The van der Waals surface area contributed by atoms with E-state index in [9.17, 15) is 4.79 Å². The van der Waals surface area contributed by atoms with E-state index in [-0.39, 0.29) is 5.92 Å². The van der Waals surface area contributed by atoms with Crippen molar-refractivity contribution in [1.82, 2.24) is 0 Å². The van der Waals surface area contributed by atoms with Gasteiger partial charge >= 0.3 is 0 Å². The van der Waals surface area contributed by atoms with Gasteiger partial charge in [0.1, 0.15) is 6.29 Å². The smallest absolute Gasteiger partial charge is 0.127 e. The number of rotatable bonds is 2. The lowest BCUT2D eigenvalue weighted by Crippen LogP contribution is -1.94. The van der Waals surface area contributed by atoms with E-state index in [2.05, 4.69) is 12.3 Å². The lowest BCUT2D eigenvalue weighted by molar-refractivity contribution is -0.109. The highest BCUT2D eigenvalue weighted by Crippen LogP contribution is 2.02. The SMILES string of the molecule is C=C=C(C)C(C)C=O. The van der Waals surface area contributed by atoms with Crippen LogP contribution in [0.25, 0.3) is 0 Å². The number of hydrogen-bond acceptors (Lipinski definition) is 1. The molecule has 0 saturated heterocycles. The summed E-state index contributed by atoms with van der Waals surface area (Å²) in [5, 5.41) is 0. The van der Waals surface area contributed by atoms with Gasteiger partial charge in [0.15, 0.2) is 0 Å². The van der Waals surface area contributed by atoms with Crippen LogP contribution in [0.3, 0.4) is 0 Å². The molecule has 0 aromatic carbocycles. The Morgan fingerprint density at radius 2 is 2.38 bits per heavy atom. The summed E-state index contributed by atoms with van der Waals surface area (Å²) in [6.45, 7) is 7.07. The van der Waals surface area contributed by atoms with E-state index in [4.69, 9.17) is 0 Å². The van der Waals surface area contributed by atoms with Gasteiger partial charge in [-0.3, -0.25) is 0 Å². The van der Waals surface area contributed by atoms with Crippen LogP contribution in [0, 0.1) is 5.92 Å². The summed E-state index contributed by atoms with van der Waals surface area (Å²) in [6.07, 6.45) is 0.882. The summed E-state index contributed by atoms with van der Waals surface area (Å²) >= 11 is 0. The zero-order valence-corrected chi connectivity index (χ0v) is 5.27. The molecule has 0 aromatic heterocycles. The minimum atomic E-state index is -0.0208. The minimum absolute atomic E-state index is 0.0208. The van der Waals surface area contributed by atoms with E-state index in [1.807, 2.05) is 13.8 Å². The van der Waals surface area contributed by atoms with Gasteiger partial charge in [-0.05, 0) is 12.5 Å². The molecule has 0 rings (SSSR count). The number of hydrogen-bond donors (Lipinski definition) is 0. The third-order valence-electron chi connectivity index (χ3n) is 1.17. The molecule has 0 aliphatic carbocycles. The Morgan fingerprint density at radius 1 is 1.88 bits per heavy atom. The molecule has 0 bridgehead atoms. The number of carbonyl (C=O) groups is 1. The number of allylic oxidation sites excluding steroid dienone is 1. The van der Waals surface area contributed by atoms with Crippen LogP contribution in [0.1, 0.15) is 13.8 Å². The van der Waals surface area contributed by atoms with Crippen molar-refractivity contribution in [2.75, 3.05) is 0 Å². The molecule has 0 N–H and O–H groups in total. The Balaban J connectivity index is 4.01. The standard InChI is InChI=1S/C7H10O/c1-4-6(2)7(3)5-8/h5,7H,1H2,2-3H3. The molecular weight excluding hydrogens is 100 g/mol. The van der Waals surface area contributed by atoms with Gasteiger partial charge in [0.25, 0.3) is 0 Å². The van der Waals surface area contributed by atoms with Gasteiger partial charge < -0.3 is 4.79 Å². The maximum Gasteiger partial charge on any atom is 0.127 e. The van der Waals surface area contributed by atoms with Crippen LogP contribution in [0.2, 0.25) is 0 Å². The number of carbonyl (C=O) groups excluding carboxylic acids is 1. The largest absolute Gasteiger partial charge is 0.303 e. The molecule has 0 aliphatic heterocycles. The zero-order chi connectivity index (χ0) is 6.57. The van der Waals surface area contributed by atoms with Gasteiger partial charge in [0.2, 0.25) is 0 Å². The first-order valence-electron chi connectivity index (χ1n) is 2.54. The average molecular weight is 110 g/mol. The topological polar surface area (TPSA) is 17.1 Å². The molecule has 1 nitrogen and oxygen atoms in total. The lowest BCUT2D eigenvalue weighted by Gasteiger charge is -1.96.